The van der Waals surface area contributed by atoms with E-state index in [1.165, 1.54) is 0 Å². The van der Waals surface area contributed by atoms with Crippen molar-refractivity contribution in [2.75, 3.05) is 14.1 Å². The van der Waals surface area contributed by atoms with E-state index in [0.29, 0.717) is 13.1 Å². The first kappa shape index (κ1) is 17.3. The van der Waals surface area contributed by atoms with Crippen LogP contribution in [0.4, 0.5) is 0 Å². The Balaban J connectivity index is 0.00000192. The first-order chi connectivity index (χ1) is 10.8. The van der Waals surface area contributed by atoms with Crippen molar-refractivity contribution in [1.29, 1.82) is 0 Å². The van der Waals surface area contributed by atoms with Gasteiger partial charge in [-0.2, -0.15) is 0 Å². The standard InChI is InChI=1S/C15H18N6O.HI/c1-16-15(20(2)10-12-6-8-22-19-12)17-9-13-11-21-7-4-3-5-14(21)18-13;/h3-8,11H,9-10H2,1-2H3,(H,16,17);1H. The van der Waals surface area contributed by atoms with Crippen LogP contribution in [0.15, 0.2) is 52.4 Å². The van der Waals surface area contributed by atoms with Crippen molar-refractivity contribution in [3.63, 3.8) is 0 Å². The lowest BCUT2D eigenvalue weighted by atomic mass is 10.4. The predicted octanol–water partition coefficient (Wildman–Crippen LogP) is 2.15. The van der Waals surface area contributed by atoms with Crippen LogP contribution in [0.5, 0.6) is 0 Å². The number of nitrogens with one attached hydrogen (secondary N) is 1. The van der Waals surface area contributed by atoms with Gasteiger partial charge in [-0.1, -0.05) is 11.2 Å². The molecule has 3 heterocycles. The summed E-state index contributed by atoms with van der Waals surface area (Å²) in [7, 11) is 3.71. The molecule has 0 unspecified atom stereocenters. The van der Waals surface area contributed by atoms with Gasteiger partial charge in [0.25, 0.3) is 0 Å². The van der Waals surface area contributed by atoms with Gasteiger partial charge in [-0.05, 0) is 12.1 Å². The molecule has 3 aromatic heterocycles. The molecule has 0 aliphatic carbocycles. The molecule has 0 atom stereocenters. The quantitative estimate of drug-likeness (QED) is 0.394. The smallest absolute Gasteiger partial charge is 0.194 e. The normalized spacial score (nSPS) is 11.3. The number of hydrogen-bond donors (Lipinski definition) is 1. The first-order valence-corrected chi connectivity index (χ1v) is 7.00. The van der Waals surface area contributed by atoms with E-state index in [1.807, 2.05) is 53.0 Å². The molecule has 3 aromatic rings. The maximum absolute atomic E-state index is 4.84. The SMILES string of the molecule is CN=C(NCc1cn2ccccc2n1)N(C)Cc1ccon1.I. The fourth-order valence-electron chi connectivity index (χ4n) is 2.26. The topological polar surface area (TPSA) is 71.0 Å². The van der Waals surface area contributed by atoms with Gasteiger partial charge in [-0.15, -0.1) is 24.0 Å². The maximum atomic E-state index is 4.84. The molecule has 0 aromatic carbocycles. The van der Waals surface area contributed by atoms with Crippen LogP contribution in [0.2, 0.25) is 0 Å². The van der Waals surface area contributed by atoms with E-state index in [1.54, 1.807) is 13.3 Å². The van der Waals surface area contributed by atoms with E-state index in [0.717, 1.165) is 23.0 Å². The van der Waals surface area contributed by atoms with E-state index in [9.17, 15) is 0 Å². The number of hydrogen-bond acceptors (Lipinski definition) is 4. The van der Waals surface area contributed by atoms with Crippen molar-refractivity contribution >= 4 is 35.6 Å². The fraction of sp³-hybridized carbons (Fsp3) is 0.267. The van der Waals surface area contributed by atoms with Crippen LogP contribution in [0, 0.1) is 0 Å². The van der Waals surface area contributed by atoms with Gasteiger partial charge in [-0.25, -0.2) is 4.98 Å². The molecule has 0 spiro atoms. The number of nitrogens with zero attached hydrogens (tertiary/aromatic N) is 5. The molecular weight excluding hydrogens is 407 g/mol. The number of aliphatic imine (C=N–C) groups is 1. The monoisotopic (exact) mass is 426 g/mol. The average molecular weight is 426 g/mol. The second-order valence-corrected chi connectivity index (χ2v) is 4.95. The Morgan fingerprint density at radius 2 is 2.22 bits per heavy atom. The molecule has 0 saturated carbocycles. The molecule has 0 fully saturated rings. The Morgan fingerprint density at radius 3 is 2.91 bits per heavy atom. The summed E-state index contributed by atoms with van der Waals surface area (Å²) in [4.78, 5) is 10.8. The Hall–Kier alpha value is -2.10. The summed E-state index contributed by atoms with van der Waals surface area (Å²) in [6.07, 6.45) is 5.56. The second kappa shape index (κ2) is 7.95. The van der Waals surface area contributed by atoms with Gasteiger partial charge in [0, 0.05) is 32.6 Å². The summed E-state index contributed by atoms with van der Waals surface area (Å²) in [5.41, 5.74) is 2.76. The Bertz CT molecular complexity index is 734. The fourth-order valence-corrected chi connectivity index (χ4v) is 2.26. The van der Waals surface area contributed by atoms with E-state index >= 15 is 0 Å². The summed E-state index contributed by atoms with van der Waals surface area (Å²) in [6.45, 7) is 1.23. The number of rotatable bonds is 4. The third-order valence-electron chi connectivity index (χ3n) is 3.31. The molecule has 23 heavy (non-hydrogen) atoms. The van der Waals surface area contributed by atoms with E-state index in [4.69, 9.17) is 4.52 Å². The highest BCUT2D eigenvalue weighted by Crippen LogP contribution is 2.05. The average Bonchev–Trinajstić information content (AvgIpc) is 3.16. The summed E-state index contributed by atoms with van der Waals surface area (Å²) < 4.78 is 6.84. The summed E-state index contributed by atoms with van der Waals surface area (Å²) >= 11 is 0. The van der Waals surface area contributed by atoms with Gasteiger partial charge in [0.15, 0.2) is 5.96 Å². The highest BCUT2D eigenvalue weighted by atomic mass is 127. The highest BCUT2D eigenvalue weighted by molar-refractivity contribution is 14.0. The Morgan fingerprint density at radius 1 is 1.35 bits per heavy atom. The van der Waals surface area contributed by atoms with Crippen molar-refractivity contribution in [2.45, 2.75) is 13.1 Å². The zero-order valence-electron chi connectivity index (χ0n) is 13.0. The number of fused-ring (bicyclic) bond motifs is 1. The van der Waals surface area contributed by atoms with Gasteiger partial charge < -0.3 is 19.1 Å². The minimum Gasteiger partial charge on any atom is -0.364 e. The summed E-state index contributed by atoms with van der Waals surface area (Å²) in [6, 6.07) is 7.78. The van der Waals surface area contributed by atoms with E-state index in [-0.39, 0.29) is 24.0 Å². The molecule has 8 heteroatoms. The molecule has 0 aliphatic heterocycles. The van der Waals surface area contributed by atoms with Crippen LogP contribution in [-0.4, -0.2) is 39.5 Å². The second-order valence-electron chi connectivity index (χ2n) is 4.95. The van der Waals surface area contributed by atoms with Crippen LogP contribution in [0.1, 0.15) is 11.4 Å². The molecule has 122 valence electrons. The van der Waals surface area contributed by atoms with E-state index in [2.05, 4.69) is 20.4 Å². The highest BCUT2D eigenvalue weighted by Gasteiger charge is 2.09. The zero-order chi connectivity index (χ0) is 15.4. The predicted molar refractivity (Wildman–Crippen MR) is 98.8 cm³/mol. The Kier molecular flexibility index (Phi) is 5.97. The van der Waals surface area contributed by atoms with Gasteiger partial charge >= 0.3 is 0 Å². The third kappa shape index (κ3) is 4.21. The lowest BCUT2D eigenvalue weighted by molar-refractivity contribution is 0.391. The van der Waals surface area contributed by atoms with Crippen molar-refractivity contribution in [3.8, 4) is 0 Å². The number of imidazole rings is 1. The summed E-state index contributed by atoms with van der Waals surface area (Å²) in [5.74, 6) is 0.778. The van der Waals surface area contributed by atoms with Crippen LogP contribution >= 0.6 is 24.0 Å². The molecule has 0 radical (unpaired) electrons. The van der Waals surface area contributed by atoms with Crippen LogP contribution in [0.25, 0.3) is 5.65 Å². The zero-order valence-corrected chi connectivity index (χ0v) is 15.3. The third-order valence-corrected chi connectivity index (χ3v) is 3.31. The van der Waals surface area contributed by atoms with Gasteiger partial charge in [0.05, 0.1) is 18.8 Å². The molecule has 0 saturated heterocycles. The first-order valence-electron chi connectivity index (χ1n) is 7.00. The van der Waals surface area contributed by atoms with Gasteiger partial charge in [0.2, 0.25) is 0 Å². The lowest BCUT2D eigenvalue weighted by Gasteiger charge is -2.20. The lowest BCUT2D eigenvalue weighted by Crippen LogP contribution is -2.38. The molecule has 7 nitrogen and oxygen atoms in total. The molecule has 0 bridgehead atoms. The van der Waals surface area contributed by atoms with Crippen molar-refractivity contribution < 1.29 is 4.52 Å². The number of halogens is 1. The summed E-state index contributed by atoms with van der Waals surface area (Å²) in [5, 5.41) is 7.21. The maximum Gasteiger partial charge on any atom is 0.194 e. The van der Waals surface area contributed by atoms with Gasteiger partial charge in [-0.3, -0.25) is 4.99 Å². The van der Waals surface area contributed by atoms with Crippen LogP contribution < -0.4 is 5.32 Å². The molecule has 3 rings (SSSR count). The Labute approximate surface area is 151 Å². The van der Waals surface area contributed by atoms with Crippen LogP contribution in [-0.2, 0) is 13.1 Å². The van der Waals surface area contributed by atoms with Crippen molar-refractivity contribution in [3.05, 3.63) is 54.3 Å². The largest absolute Gasteiger partial charge is 0.364 e. The molecule has 1 N–H and O–H groups in total. The molecule has 0 aliphatic rings. The van der Waals surface area contributed by atoms with E-state index < -0.39 is 0 Å². The van der Waals surface area contributed by atoms with Crippen molar-refractivity contribution in [1.82, 2.24) is 24.8 Å². The van der Waals surface area contributed by atoms with Crippen LogP contribution in [0.3, 0.4) is 0 Å². The number of guanidine groups is 1. The number of aromatic nitrogens is 3. The molecule has 0 amide bonds. The van der Waals surface area contributed by atoms with Crippen molar-refractivity contribution in [2.24, 2.45) is 4.99 Å². The minimum atomic E-state index is 0. The van der Waals surface area contributed by atoms with Gasteiger partial charge in [0.1, 0.15) is 17.6 Å². The minimum absolute atomic E-state index is 0. The number of pyridine rings is 1. The molecular formula is C15H19IN6O.